The van der Waals surface area contributed by atoms with E-state index < -0.39 is 11.8 Å². The summed E-state index contributed by atoms with van der Waals surface area (Å²) in [6.45, 7) is 4.63. The number of amides is 2. The number of anilines is 1. The quantitative estimate of drug-likeness (QED) is 0.553. The maximum atomic E-state index is 12.1. The van der Waals surface area contributed by atoms with Gasteiger partial charge in [0, 0.05) is 18.8 Å². The van der Waals surface area contributed by atoms with E-state index in [0.717, 1.165) is 0 Å². The minimum atomic E-state index is -0.661. The molecule has 0 aliphatic rings. The summed E-state index contributed by atoms with van der Waals surface area (Å²) in [4.78, 5) is 37.9. The second-order valence-electron chi connectivity index (χ2n) is 7.04. The van der Waals surface area contributed by atoms with Gasteiger partial charge in [-0.1, -0.05) is 13.8 Å². The molecule has 0 spiro atoms. The molecule has 1 heterocycles. The lowest BCUT2D eigenvalue weighted by atomic mass is 10.1. The number of carbonyl (C=O) groups is 2. The van der Waals surface area contributed by atoms with Crippen molar-refractivity contribution in [2.75, 3.05) is 32.5 Å². The predicted octanol–water partition coefficient (Wildman–Crippen LogP) is 1.04. The Bertz CT molecular complexity index is 879. The Morgan fingerprint density at radius 3 is 2.48 bits per heavy atom. The van der Waals surface area contributed by atoms with Crippen LogP contribution < -0.4 is 22.1 Å². The first-order valence-corrected chi connectivity index (χ1v) is 8.80. The highest BCUT2D eigenvalue weighted by Gasteiger charge is 2.18. The van der Waals surface area contributed by atoms with Crippen LogP contribution in [0.25, 0.3) is 11.1 Å². The van der Waals surface area contributed by atoms with Crippen molar-refractivity contribution in [3.63, 3.8) is 0 Å². The zero-order valence-electron chi connectivity index (χ0n) is 16.9. The van der Waals surface area contributed by atoms with Gasteiger partial charge in [0.05, 0.1) is 18.1 Å². The highest BCUT2D eigenvalue weighted by atomic mass is 35.5. The number of hydrogen-bond donors (Lipinski definition) is 3. The normalized spacial score (nSPS) is 11.7. The van der Waals surface area contributed by atoms with Crippen molar-refractivity contribution in [1.82, 2.24) is 14.8 Å². The van der Waals surface area contributed by atoms with Crippen LogP contribution >= 0.6 is 24.8 Å². The number of aromatic nitrogens is 1. The van der Waals surface area contributed by atoms with Crippen LogP contribution in [0.4, 0.5) is 5.69 Å². The Morgan fingerprint density at radius 1 is 1.24 bits per heavy atom. The van der Waals surface area contributed by atoms with Gasteiger partial charge in [0.25, 0.3) is 0 Å². The van der Waals surface area contributed by atoms with Crippen LogP contribution in [0.3, 0.4) is 0 Å². The Labute approximate surface area is 181 Å². The third kappa shape index (κ3) is 7.36. The van der Waals surface area contributed by atoms with Gasteiger partial charge in [0.1, 0.15) is 0 Å². The van der Waals surface area contributed by atoms with Crippen LogP contribution in [0.5, 0.6) is 0 Å². The SMILES string of the molecule is CC(C)[C@H](N)C(=O)NCC(=O)Nc1ccc2oc(=O)n(CCN(C)C)c2c1.Cl.Cl. The Balaban J connectivity index is 0.00000392. The lowest BCUT2D eigenvalue weighted by Gasteiger charge is -2.15. The van der Waals surface area contributed by atoms with E-state index in [9.17, 15) is 14.4 Å². The molecule has 0 aliphatic carbocycles. The molecule has 2 rings (SSSR count). The van der Waals surface area contributed by atoms with Crippen molar-refractivity contribution >= 4 is 53.4 Å². The van der Waals surface area contributed by atoms with E-state index in [0.29, 0.717) is 29.9 Å². The molecule has 2 amide bonds. The van der Waals surface area contributed by atoms with Crippen LogP contribution in [0.2, 0.25) is 0 Å². The van der Waals surface area contributed by atoms with E-state index in [1.165, 1.54) is 4.57 Å². The second kappa shape index (κ2) is 11.8. The molecular weight excluding hydrogens is 421 g/mol. The fourth-order valence-electron chi connectivity index (χ4n) is 2.44. The van der Waals surface area contributed by atoms with Crippen molar-refractivity contribution in [2.24, 2.45) is 11.7 Å². The zero-order valence-corrected chi connectivity index (χ0v) is 18.6. The molecule has 0 saturated carbocycles. The van der Waals surface area contributed by atoms with E-state index in [4.69, 9.17) is 10.2 Å². The average molecular weight is 450 g/mol. The Hall–Kier alpha value is -2.07. The summed E-state index contributed by atoms with van der Waals surface area (Å²) in [7, 11) is 3.83. The number of benzene rings is 1. The molecule has 0 unspecified atom stereocenters. The summed E-state index contributed by atoms with van der Waals surface area (Å²) >= 11 is 0. The Kier molecular flexibility index (Phi) is 11.0. The maximum Gasteiger partial charge on any atom is 0.419 e. The molecule has 11 heteroatoms. The van der Waals surface area contributed by atoms with Crippen molar-refractivity contribution in [3.8, 4) is 0 Å². The van der Waals surface area contributed by atoms with Gasteiger partial charge < -0.3 is 25.7 Å². The van der Waals surface area contributed by atoms with Crippen molar-refractivity contribution in [2.45, 2.75) is 26.4 Å². The van der Waals surface area contributed by atoms with Crippen molar-refractivity contribution in [1.29, 1.82) is 0 Å². The average Bonchev–Trinajstić information content (AvgIpc) is 2.91. The van der Waals surface area contributed by atoms with E-state index in [2.05, 4.69) is 10.6 Å². The molecule has 4 N–H and O–H groups in total. The zero-order chi connectivity index (χ0) is 20.1. The number of hydrogen-bond acceptors (Lipinski definition) is 6. The molecule has 0 bridgehead atoms. The van der Waals surface area contributed by atoms with Crippen molar-refractivity contribution < 1.29 is 14.0 Å². The lowest BCUT2D eigenvalue weighted by molar-refractivity contribution is -0.125. The fraction of sp³-hybridized carbons (Fsp3) is 0.500. The number of rotatable bonds is 8. The van der Waals surface area contributed by atoms with E-state index in [1.54, 1.807) is 18.2 Å². The molecule has 0 fully saturated rings. The van der Waals surface area contributed by atoms with Crippen LogP contribution in [-0.4, -0.2) is 54.5 Å². The first-order valence-electron chi connectivity index (χ1n) is 8.80. The summed E-state index contributed by atoms with van der Waals surface area (Å²) < 4.78 is 6.75. The van der Waals surface area contributed by atoms with E-state index >= 15 is 0 Å². The molecule has 1 atom stereocenters. The largest absolute Gasteiger partial charge is 0.419 e. The molecule has 164 valence electrons. The predicted molar refractivity (Wildman–Crippen MR) is 118 cm³/mol. The summed E-state index contributed by atoms with van der Waals surface area (Å²) in [6, 6.07) is 4.29. The van der Waals surface area contributed by atoms with Gasteiger partial charge in [-0.2, -0.15) is 0 Å². The maximum absolute atomic E-state index is 12.1. The number of oxazole rings is 1. The molecule has 0 aliphatic heterocycles. The number of fused-ring (bicyclic) bond motifs is 1. The molecule has 29 heavy (non-hydrogen) atoms. The number of likely N-dealkylation sites (N-methyl/N-ethyl adjacent to an activating group) is 1. The molecule has 0 radical (unpaired) electrons. The standard InChI is InChI=1S/C18H27N5O4.2ClH/c1-11(2)16(19)17(25)20-10-15(24)21-12-5-6-14-13(9-12)23(18(26)27-14)8-7-22(3)4;;/h5-6,9,11,16H,7-8,10,19H2,1-4H3,(H,20,25)(H,21,24);2*1H/t16-;;/m0../s1. The topological polar surface area (TPSA) is 123 Å². The number of halogens is 2. The smallest absolute Gasteiger partial charge is 0.408 e. The van der Waals surface area contributed by atoms with E-state index in [-0.39, 0.29) is 49.1 Å². The summed E-state index contributed by atoms with van der Waals surface area (Å²) in [5, 5.41) is 5.21. The summed E-state index contributed by atoms with van der Waals surface area (Å²) in [6.07, 6.45) is 0. The van der Waals surface area contributed by atoms with Gasteiger partial charge in [-0.3, -0.25) is 14.2 Å². The van der Waals surface area contributed by atoms with E-state index in [1.807, 2.05) is 32.8 Å². The second-order valence-corrected chi connectivity index (χ2v) is 7.04. The minimum absolute atomic E-state index is 0. The molecule has 1 aromatic carbocycles. The lowest BCUT2D eigenvalue weighted by Crippen LogP contribution is -2.46. The van der Waals surface area contributed by atoms with Gasteiger partial charge in [0.2, 0.25) is 11.8 Å². The van der Waals surface area contributed by atoms with Gasteiger partial charge in [-0.15, -0.1) is 24.8 Å². The number of nitrogens with one attached hydrogen (secondary N) is 2. The van der Waals surface area contributed by atoms with Gasteiger partial charge in [-0.25, -0.2) is 4.79 Å². The van der Waals surface area contributed by atoms with Crippen LogP contribution in [0.15, 0.2) is 27.4 Å². The molecule has 2 aromatic rings. The van der Waals surface area contributed by atoms with Crippen LogP contribution in [0, 0.1) is 5.92 Å². The van der Waals surface area contributed by atoms with Crippen LogP contribution in [-0.2, 0) is 16.1 Å². The van der Waals surface area contributed by atoms with Crippen molar-refractivity contribution in [3.05, 3.63) is 28.7 Å². The number of nitrogens with two attached hydrogens (primary N) is 1. The Morgan fingerprint density at radius 2 is 1.90 bits per heavy atom. The van der Waals surface area contributed by atoms with Crippen LogP contribution in [0.1, 0.15) is 13.8 Å². The molecule has 9 nitrogen and oxygen atoms in total. The third-order valence-corrected chi connectivity index (χ3v) is 4.17. The summed E-state index contributed by atoms with van der Waals surface area (Å²) in [5.74, 6) is -1.21. The number of nitrogens with zero attached hydrogens (tertiary/aromatic N) is 2. The first-order chi connectivity index (χ1) is 12.7. The number of carbonyl (C=O) groups excluding carboxylic acids is 2. The highest BCUT2D eigenvalue weighted by Crippen LogP contribution is 2.18. The first kappa shape index (κ1) is 26.9. The van der Waals surface area contributed by atoms with Gasteiger partial charge in [0.15, 0.2) is 5.58 Å². The van der Waals surface area contributed by atoms with Gasteiger partial charge >= 0.3 is 5.76 Å². The molecule has 0 saturated heterocycles. The highest BCUT2D eigenvalue weighted by molar-refractivity contribution is 5.96. The molecular formula is C18H29Cl2N5O4. The monoisotopic (exact) mass is 449 g/mol. The third-order valence-electron chi connectivity index (χ3n) is 4.17. The molecule has 1 aromatic heterocycles. The fourth-order valence-corrected chi connectivity index (χ4v) is 2.44. The minimum Gasteiger partial charge on any atom is -0.408 e. The van der Waals surface area contributed by atoms with Gasteiger partial charge in [-0.05, 0) is 38.2 Å². The summed E-state index contributed by atoms with van der Waals surface area (Å²) in [5.41, 5.74) is 7.30.